The minimum Gasteiger partial charge on any atom is -0.493 e. The molecule has 0 aromatic heterocycles. The van der Waals surface area contributed by atoms with Gasteiger partial charge in [0.15, 0.2) is 0 Å². The van der Waals surface area contributed by atoms with E-state index in [1.807, 2.05) is 6.07 Å². The SMILES string of the molecule is CCC(=O)Nc1ccc(Cl)c(NC(=O)c2cccc(OCC(C)C)c2)c1. The van der Waals surface area contributed by atoms with Crippen molar-refractivity contribution in [3.63, 3.8) is 0 Å². The number of carbonyl (C=O) groups excluding carboxylic acids is 2. The molecular formula is C20H23ClN2O3. The van der Waals surface area contributed by atoms with E-state index in [4.69, 9.17) is 16.3 Å². The van der Waals surface area contributed by atoms with Gasteiger partial charge in [0.25, 0.3) is 5.91 Å². The topological polar surface area (TPSA) is 67.4 Å². The molecule has 2 aromatic carbocycles. The lowest BCUT2D eigenvalue weighted by Crippen LogP contribution is -2.14. The first-order chi connectivity index (χ1) is 12.4. The number of anilines is 2. The molecule has 0 saturated heterocycles. The predicted molar refractivity (Wildman–Crippen MR) is 105 cm³/mol. The second-order valence-corrected chi connectivity index (χ2v) is 6.69. The molecule has 0 unspecified atom stereocenters. The number of ether oxygens (including phenoxy) is 1. The smallest absolute Gasteiger partial charge is 0.255 e. The molecule has 2 amide bonds. The van der Waals surface area contributed by atoms with E-state index in [1.165, 1.54) is 0 Å². The van der Waals surface area contributed by atoms with Crippen LogP contribution in [0.3, 0.4) is 0 Å². The average molecular weight is 375 g/mol. The van der Waals surface area contributed by atoms with E-state index >= 15 is 0 Å². The molecule has 0 spiro atoms. The lowest BCUT2D eigenvalue weighted by molar-refractivity contribution is -0.115. The average Bonchev–Trinajstić information content (AvgIpc) is 2.62. The van der Waals surface area contributed by atoms with Crippen molar-refractivity contribution in [2.45, 2.75) is 27.2 Å². The van der Waals surface area contributed by atoms with Crippen molar-refractivity contribution in [3.05, 3.63) is 53.1 Å². The highest BCUT2D eigenvalue weighted by Crippen LogP contribution is 2.26. The highest BCUT2D eigenvalue weighted by atomic mass is 35.5. The first kappa shape index (κ1) is 19.8. The summed E-state index contributed by atoms with van der Waals surface area (Å²) in [7, 11) is 0. The Morgan fingerprint density at radius 3 is 2.58 bits per heavy atom. The Hall–Kier alpha value is -2.53. The molecular weight excluding hydrogens is 352 g/mol. The third-order valence-corrected chi connectivity index (χ3v) is 3.83. The van der Waals surface area contributed by atoms with E-state index in [-0.39, 0.29) is 11.8 Å². The maximum atomic E-state index is 12.5. The van der Waals surface area contributed by atoms with Crippen LogP contribution in [0.4, 0.5) is 11.4 Å². The fourth-order valence-electron chi connectivity index (χ4n) is 2.13. The van der Waals surface area contributed by atoms with E-state index in [0.717, 1.165) is 0 Å². The Morgan fingerprint density at radius 1 is 1.12 bits per heavy atom. The Labute approximate surface area is 158 Å². The second-order valence-electron chi connectivity index (χ2n) is 6.28. The van der Waals surface area contributed by atoms with Crippen molar-refractivity contribution in [1.29, 1.82) is 0 Å². The molecule has 5 nitrogen and oxygen atoms in total. The molecule has 0 heterocycles. The molecule has 0 aliphatic rings. The van der Waals surface area contributed by atoms with Gasteiger partial charge in [0.1, 0.15) is 5.75 Å². The van der Waals surface area contributed by atoms with Crippen molar-refractivity contribution >= 4 is 34.8 Å². The molecule has 0 saturated carbocycles. The third-order valence-electron chi connectivity index (χ3n) is 3.50. The van der Waals surface area contributed by atoms with Gasteiger partial charge < -0.3 is 15.4 Å². The van der Waals surface area contributed by atoms with Crippen LogP contribution in [0.5, 0.6) is 5.75 Å². The summed E-state index contributed by atoms with van der Waals surface area (Å²) in [5.41, 5.74) is 1.47. The van der Waals surface area contributed by atoms with Gasteiger partial charge in [0, 0.05) is 17.7 Å². The van der Waals surface area contributed by atoms with Crippen LogP contribution in [0.25, 0.3) is 0 Å². The zero-order valence-corrected chi connectivity index (χ0v) is 15.9. The molecule has 0 fully saturated rings. The number of hydrogen-bond donors (Lipinski definition) is 2. The maximum absolute atomic E-state index is 12.5. The Kier molecular flexibility index (Phi) is 7.04. The highest BCUT2D eigenvalue weighted by Gasteiger charge is 2.11. The van der Waals surface area contributed by atoms with Crippen LogP contribution in [0.1, 0.15) is 37.6 Å². The summed E-state index contributed by atoms with van der Waals surface area (Å²) in [6.45, 7) is 6.46. The zero-order chi connectivity index (χ0) is 19.1. The molecule has 0 radical (unpaired) electrons. The molecule has 26 heavy (non-hydrogen) atoms. The van der Waals surface area contributed by atoms with Crippen molar-refractivity contribution in [3.8, 4) is 5.75 Å². The summed E-state index contributed by atoms with van der Waals surface area (Å²) in [6, 6.07) is 11.9. The zero-order valence-electron chi connectivity index (χ0n) is 15.1. The predicted octanol–water partition coefficient (Wildman–Crippen LogP) is 4.98. The summed E-state index contributed by atoms with van der Waals surface area (Å²) >= 11 is 6.16. The summed E-state index contributed by atoms with van der Waals surface area (Å²) < 4.78 is 5.65. The molecule has 138 valence electrons. The van der Waals surface area contributed by atoms with E-state index in [1.54, 1.807) is 43.3 Å². The van der Waals surface area contributed by atoms with Gasteiger partial charge in [-0.15, -0.1) is 0 Å². The Bertz CT molecular complexity index is 790. The van der Waals surface area contributed by atoms with Gasteiger partial charge in [-0.25, -0.2) is 0 Å². The number of carbonyl (C=O) groups is 2. The molecule has 6 heteroatoms. The van der Waals surface area contributed by atoms with Crippen LogP contribution < -0.4 is 15.4 Å². The number of rotatable bonds is 7. The summed E-state index contributed by atoms with van der Waals surface area (Å²) in [4.78, 5) is 24.1. The lowest BCUT2D eigenvalue weighted by atomic mass is 10.2. The van der Waals surface area contributed by atoms with Crippen molar-refractivity contribution in [1.82, 2.24) is 0 Å². The summed E-state index contributed by atoms with van der Waals surface area (Å²) in [5, 5.41) is 5.90. The molecule has 0 aliphatic heterocycles. The molecule has 2 aromatic rings. The number of hydrogen-bond acceptors (Lipinski definition) is 3. The van der Waals surface area contributed by atoms with E-state index in [2.05, 4.69) is 24.5 Å². The van der Waals surface area contributed by atoms with Gasteiger partial charge in [-0.2, -0.15) is 0 Å². The molecule has 2 rings (SSSR count). The fraction of sp³-hybridized carbons (Fsp3) is 0.300. The quantitative estimate of drug-likeness (QED) is 0.718. The number of halogens is 1. The van der Waals surface area contributed by atoms with Crippen molar-refractivity contribution in [2.75, 3.05) is 17.2 Å². The van der Waals surface area contributed by atoms with Crippen LogP contribution in [0.15, 0.2) is 42.5 Å². The largest absolute Gasteiger partial charge is 0.493 e. The third kappa shape index (κ3) is 5.77. The normalized spacial score (nSPS) is 10.5. The van der Waals surface area contributed by atoms with Gasteiger partial charge in [-0.3, -0.25) is 9.59 Å². The van der Waals surface area contributed by atoms with Crippen LogP contribution in [0, 0.1) is 5.92 Å². The van der Waals surface area contributed by atoms with Gasteiger partial charge in [0.2, 0.25) is 5.91 Å². The summed E-state index contributed by atoms with van der Waals surface area (Å²) in [5.74, 6) is 0.620. The minimum atomic E-state index is -0.305. The van der Waals surface area contributed by atoms with Crippen molar-refractivity contribution in [2.24, 2.45) is 5.92 Å². The fourth-order valence-corrected chi connectivity index (χ4v) is 2.30. The minimum absolute atomic E-state index is 0.111. The van der Waals surface area contributed by atoms with E-state index < -0.39 is 0 Å². The maximum Gasteiger partial charge on any atom is 0.255 e. The Morgan fingerprint density at radius 2 is 1.88 bits per heavy atom. The second kappa shape index (κ2) is 9.25. The van der Waals surface area contributed by atoms with E-state index in [0.29, 0.717) is 46.7 Å². The van der Waals surface area contributed by atoms with Gasteiger partial charge in [-0.05, 0) is 42.3 Å². The van der Waals surface area contributed by atoms with Crippen LogP contribution in [0.2, 0.25) is 5.02 Å². The van der Waals surface area contributed by atoms with Crippen LogP contribution in [-0.4, -0.2) is 18.4 Å². The van der Waals surface area contributed by atoms with Gasteiger partial charge in [-0.1, -0.05) is 38.4 Å². The standard InChI is InChI=1S/C20H23ClN2O3/c1-4-19(24)22-15-8-9-17(21)18(11-15)23-20(25)14-6-5-7-16(10-14)26-12-13(2)3/h5-11,13H,4,12H2,1-3H3,(H,22,24)(H,23,25). The monoisotopic (exact) mass is 374 g/mol. The molecule has 0 bridgehead atoms. The van der Waals surface area contributed by atoms with Gasteiger partial charge >= 0.3 is 0 Å². The highest BCUT2D eigenvalue weighted by molar-refractivity contribution is 6.34. The first-order valence-electron chi connectivity index (χ1n) is 8.52. The number of benzene rings is 2. The molecule has 2 N–H and O–H groups in total. The lowest BCUT2D eigenvalue weighted by Gasteiger charge is -2.12. The van der Waals surface area contributed by atoms with Crippen molar-refractivity contribution < 1.29 is 14.3 Å². The summed E-state index contributed by atoms with van der Waals surface area (Å²) in [6.07, 6.45) is 0.369. The first-order valence-corrected chi connectivity index (χ1v) is 8.90. The van der Waals surface area contributed by atoms with Crippen LogP contribution in [-0.2, 0) is 4.79 Å². The Balaban J connectivity index is 2.13. The molecule has 0 atom stereocenters. The number of nitrogens with one attached hydrogen (secondary N) is 2. The molecule has 0 aliphatic carbocycles. The van der Waals surface area contributed by atoms with Gasteiger partial charge in [0.05, 0.1) is 17.3 Å². The van der Waals surface area contributed by atoms with Crippen LogP contribution >= 0.6 is 11.6 Å². The van der Waals surface area contributed by atoms with E-state index in [9.17, 15) is 9.59 Å². The number of amides is 2.